The van der Waals surface area contributed by atoms with Gasteiger partial charge in [-0.1, -0.05) is 35.5 Å². The number of anilines is 1. The fourth-order valence-corrected chi connectivity index (χ4v) is 5.72. The molecule has 1 fully saturated rings. The van der Waals surface area contributed by atoms with Gasteiger partial charge >= 0.3 is 0 Å². The quantitative estimate of drug-likeness (QED) is 0.469. The van der Waals surface area contributed by atoms with Gasteiger partial charge in [-0.05, 0) is 49.4 Å². The highest BCUT2D eigenvalue weighted by molar-refractivity contribution is 8.19. The number of fused-ring (bicyclic) bond motifs is 1. The molecule has 154 valence electrons. The second-order valence-electron chi connectivity index (χ2n) is 7.12. The maximum Gasteiger partial charge on any atom is 0.269 e. The van der Waals surface area contributed by atoms with Crippen LogP contribution in [-0.2, 0) is 4.79 Å². The van der Waals surface area contributed by atoms with Gasteiger partial charge in [-0.3, -0.25) is 9.69 Å². The Morgan fingerprint density at radius 2 is 1.97 bits per heavy atom. The second-order valence-corrected chi connectivity index (χ2v) is 9.13. The van der Waals surface area contributed by atoms with E-state index in [1.807, 2.05) is 44.3 Å². The molecule has 2 aliphatic heterocycles. The Bertz CT molecular complexity index is 1110. The third-order valence-corrected chi connectivity index (χ3v) is 7.41. The molecule has 2 aliphatic rings. The Hall–Kier alpha value is -2.64. The van der Waals surface area contributed by atoms with Crippen LogP contribution in [0.4, 0.5) is 11.4 Å². The SMILES string of the molecule is C=CCN1C(=O)/C(=C2/Sc3ccc(OC)cc3N2C)SC1=Nc1ccc(C)cc1C. The lowest BCUT2D eigenvalue weighted by Crippen LogP contribution is -2.29. The van der Waals surface area contributed by atoms with Crippen LogP contribution in [0.3, 0.4) is 0 Å². The van der Waals surface area contributed by atoms with Gasteiger partial charge < -0.3 is 9.64 Å². The highest BCUT2D eigenvalue weighted by Crippen LogP contribution is 2.51. The summed E-state index contributed by atoms with van der Waals surface area (Å²) in [6.45, 7) is 8.33. The number of carbonyl (C=O) groups excluding carboxylic acids is 1. The average Bonchev–Trinajstić information content (AvgIpc) is 3.21. The molecule has 0 unspecified atom stereocenters. The minimum absolute atomic E-state index is 0.0439. The van der Waals surface area contributed by atoms with Gasteiger partial charge in [-0.2, -0.15) is 0 Å². The number of aryl methyl sites for hydroxylation is 2. The van der Waals surface area contributed by atoms with Crippen LogP contribution in [0.1, 0.15) is 11.1 Å². The largest absolute Gasteiger partial charge is 0.497 e. The molecular formula is C23H23N3O2S2. The van der Waals surface area contributed by atoms with E-state index in [2.05, 4.69) is 24.5 Å². The van der Waals surface area contributed by atoms with E-state index in [9.17, 15) is 4.79 Å². The monoisotopic (exact) mass is 437 g/mol. The number of hydrogen-bond donors (Lipinski definition) is 0. The van der Waals surface area contributed by atoms with Gasteiger partial charge in [0.05, 0.1) is 23.5 Å². The number of methoxy groups -OCH3 is 1. The minimum atomic E-state index is -0.0439. The van der Waals surface area contributed by atoms with E-state index >= 15 is 0 Å². The maximum absolute atomic E-state index is 13.3. The molecule has 0 saturated carbocycles. The number of amidine groups is 1. The van der Waals surface area contributed by atoms with Crippen molar-refractivity contribution >= 4 is 46.0 Å². The van der Waals surface area contributed by atoms with Crippen molar-refractivity contribution in [3.63, 3.8) is 0 Å². The predicted octanol–water partition coefficient (Wildman–Crippen LogP) is 5.47. The maximum atomic E-state index is 13.3. The number of rotatable bonds is 4. The van der Waals surface area contributed by atoms with Crippen molar-refractivity contribution in [3.05, 3.63) is 70.1 Å². The molecule has 2 aromatic carbocycles. The summed E-state index contributed by atoms with van der Waals surface area (Å²) in [6, 6.07) is 12.1. The lowest BCUT2D eigenvalue weighted by Gasteiger charge is -2.16. The molecule has 4 rings (SSSR count). The highest BCUT2D eigenvalue weighted by Gasteiger charge is 2.38. The molecule has 0 N–H and O–H groups in total. The fraction of sp³-hybridized carbons (Fsp3) is 0.217. The van der Waals surface area contributed by atoms with Gasteiger partial charge in [0, 0.05) is 24.6 Å². The van der Waals surface area contributed by atoms with Crippen LogP contribution in [0.25, 0.3) is 0 Å². The average molecular weight is 438 g/mol. The standard InChI is InChI=1S/C23H23N3O2S2/c1-6-11-26-21(27)20(30-23(26)24-17-9-7-14(2)12-15(17)3)22-25(4)18-13-16(28-5)8-10-19(18)29-22/h6-10,12-13H,1,11H2,2-5H3/b22-20-,24-23?. The Kier molecular flexibility index (Phi) is 5.66. The number of benzene rings is 2. The number of amides is 1. The molecule has 0 radical (unpaired) electrons. The molecular weight excluding hydrogens is 414 g/mol. The third kappa shape index (κ3) is 3.63. The van der Waals surface area contributed by atoms with E-state index in [4.69, 9.17) is 9.73 Å². The van der Waals surface area contributed by atoms with Crippen LogP contribution >= 0.6 is 23.5 Å². The van der Waals surface area contributed by atoms with Crippen molar-refractivity contribution in [1.29, 1.82) is 0 Å². The second kappa shape index (κ2) is 8.24. The molecule has 1 saturated heterocycles. The van der Waals surface area contributed by atoms with E-state index in [1.54, 1.807) is 29.8 Å². The molecule has 0 spiro atoms. The first kappa shape index (κ1) is 20.6. The Balaban J connectivity index is 1.74. The fourth-order valence-electron chi connectivity index (χ4n) is 3.40. The summed E-state index contributed by atoms with van der Waals surface area (Å²) in [5, 5.41) is 1.59. The van der Waals surface area contributed by atoms with Crippen molar-refractivity contribution in [2.45, 2.75) is 18.7 Å². The van der Waals surface area contributed by atoms with Gasteiger partial charge in [0.25, 0.3) is 5.91 Å². The van der Waals surface area contributed by atoms with Gasteiger partial charge in [0.2, 0.25) is 0 Å². The van der Waals surface area contributed by atoms with E-state index in [1.165, 1.54) is 17.3 Å². The van der Waals surface area contributed by atoms with E-state index in [-0.39, 0.29) is 5.91 Å². The summed E-state index contributed by atoms with van der Waals surface area (Å²) in [5.74, 6) is 0.751. The summed E-state index contributed by atoms with van der Waals surface area (Å²) in [7, 11) is 3.63. The van der Waals surface area contributed by atoms with Crippen molar-refractivity contribution in [2.75, 3.05) is 25.6 Å². The first-order valence-corrected chi connectivity index (χ1v) is 11.2. The van der Waals surface area contributed by atoms with Gasteiger partial charge in [0.1, 0.15) is 10.7 Å². The molecule has 0 aliphatic carbocycles. The first-order valence-electron chi connectivity index (χ1n) is 9.53. The van der Waals surface area contributed by atoms with Crippen molar-refractivity contribution < 1.29 is 9.53 Å². The zero-order valence-electron chi connectivity index (χ0n) is 17.4. The van der Waals surface area contributed by atoms with Crippen LogP contribution in [-0.4, -0.2) is 36.7 Å². The lowest BCUT2D eigenvalue weighted by molar-refractivity contribution is -0.121. The number of ether oxygens (including phenoxy) is 1. The number of nitrogens with zero attached hydrogens (tertiary/aromatic N) is 3. The normalized spacial score (nSPS) is 19.6. The number of hydrogen-bond acceptors (Lipinski definition) is 6. The smallest absolute Gasteiger partial charge is 0.269 e. The van der Waals surface area contributed by atoms with E-state index < -0.39 is 0 Å². The topological polar surface area (TPSA) is 45.1 Å². The van der Waals surface area contributed by atoms with E-state index in [0.717, 1.165) is 32.6 Å². The summed E-state index contributed by atoms with van der Waals surface area (Å²) >= 11 is 3.02. The number of thioether (sulfide) groups is 2. The zero-order chi connectivity index (χ0) is 21.4. The van der Waals surface area contributed by atoms with Crippen molar-refractivity contribution in [2.24, 2.45) is 4.99 Å². The molecule has 2 heterocycles. The molecule has 0 atom stereocenters. The lowest BCUT2D eigenvalue weighted by atomic mass is 10.1. The minimum Gasteiger partial charge on any atom is -0.497 e. The summed E-state index contributed by atoms with van der Waals surface area (Å²) in [4.78, 5) is 23.6. The van der Waals surface area contributed by atoms with E-state index in [0.29, 0.717) is 16.6 Å². The number of carbonyl (C=O) groups is 1. The summed E-state index contributed by atoms with van der Waals surface area (Å²) < 4.78 is 5.36. The number of aliphatic imine (C=N–C) groups is 1. The van der Waals surface area contributed by atoms with Crippen molar-refractivity contribution in [1.82, 2.24) is 4.90 Å². The molecule has 30 heavy (non-hydrogen) atoms. The molecule has 5 nitrogen and oxygen atoms in total. The van der Waals surface area contributed by atoms with Gasteiger partial charge in [0.15, 0.2) is 5.17 Å². The van der Waals surface area contributed by atoms with Crippen LogP contribution in [0.2, 0.25) is 0 Å². The highest BCUT2D eigenvalue weighted by atomic mass is 32.2. The first-order chi connectivity index (χ1) is 14.4. The molecule has 0 aromatic heterocycles. The van der Waals surface area contributed by atoms with Gasteiger partial charge in [-0.25, -0.2) is 4.99 Å². The van der Waals surface area contributed by atoms with Crippen LogP contribution < -0.4 is 9.64 Å². The molecule has 2 aromatic rings. The Morgan fingerprint density at radius 1 is 1.17 bits per heavy atom. The Labute approximate surface area is 185 Å². The van der Waals surface area contributed by atoms with Crippen LogP contribution in [0, 0.1) is 13.8 Å². The predicted molar refractivity (Wildman–Crippen MR) is 127 cm³/mol. The van der Waals surface area contributed by atoms with Crippen molar-refractivity contribution in [3.8, 4) is 5.75 Å². The molecule has 1 amide bonds. The van der Waals surface area contributed by atoms with Crippen LogP contribution in [0.15, 0.2) is 68.9 Å². The molecule has 0 bridgehead atoms. The third-order valence-electron chi connectivity index (χ3n) is 4.98. The Morgan fingerprint density at radius 3 is 2.67 bits per heavy atom. The zero-order valence-corrected chi connectivity index (χ0v) is 19.1. The molecule has 7 heteroatoms. The summed E-state index contributed by atoms with van der Waals surface area (Å²) in [5.41, 5.74) is 4.18. The summed E-state index contributed by atoms with van der Waals surface area (Å²) in [6.07, 6.45) is 1.73. The van der Waals surface area contributed by atoms with Crippen LogP contribution in [0.5, 0.6) is 5.75 Å². The van der Waals surface area contributed by atoms with Gasteiger partial charge in [-0.15, -0.1) is 6.58 Å².